The predicted octanol–water partition coefficient (Wildman–Crippen LogP) is 6.49. The van der Waals surface area contributed by atoms with Gasteiger partial charge in [-0.25, -0.2) is 0 Å². The van der Waals surface area contributed by atoms with Crippen LogP contribution in [0, 0.1) is 17.0 Å². The molecular weight excluding hydrogens is 587 g/mol. The van der Waals surface area contributed by atoms with Gasteiger partial charge in [0.05, 0.1) is 17.0 Å². The monoisotopic (exact) mass is 605 g/mol. The van der Waals surface area contributed by atoms with E-state index in [2.05, 4.69) is 31.4 Å². The van der Waals surface area contributed by atoms with E-state index in [9.17, 15) is 28.1 Å². The van der Waals surface area contributed by atoms with E-state index in [1.807, 2.05) is 12.1 Å². The summed E-state index contributed by atoms with van der Waals surface area (Å²) in [6.45, 7) is 1.45. The van der Waals surface area contributed by atoms with Crippen molar-refractivity contribution in [3.05, 3.63) is 109 Å². The van der Waals surface area contributed by atoms with Gasteiger partial charge in [0.15, 0.2) is 11.0 Å². The summed E-state index contributed by atoms with van der Waals surface area (Å²) in [7, 11) is 0. The lowest BCUT2D eigenvalue weighted by Gasteiger charge is -2.12. The van der Waals surface area contributed by atoms with Gasteiger partial charge in [-0.2, -0.15) is 13.2 Å². The number of aromatic nitrogens is 3. The number of carbonyl (C=O) groups is 1. The van der Waals surface area contributed by atoms with E-state index < -0.39 is 22.6 Å². The number of nitro benzene ring substituents is 1. The van der Waals surface area contributed by atoms with Crippen molar-refractivity contribution in [1.82, 2.24) is 20.1 Å². The number of carbonyl (C=O) groups excluding carboxylic acids is 1. The van der Waals surface area contributed by atoms with E-state index in [1.54, 1.807) is 22.8 Å². The van der Waals surface area contributed by atoms with Gasteiger partial charge in [0.1, 0.15) is 0 Å². The van der Waals surface area contributed by atoms with Crippen LogP contribution in [0.5, 0.6) is 0 Å². The molecule has 0 fully saturated rings. The van der Waals surface area contributed by atoms with Crippen molar-refractivity contribution in [2.75, 3.05) is 0 Å². The maximum atomic E-state index is 13.1. The lowest BCUT2D eigenvalue weighted by molar-refractivity contribution is -0.385. The van der Waals surface area contributed by atoms with Crippen LogP contribution >= 0.6 is 27.7 Å². The number of hydrogen-bond donors (Lipinski definition) is 1. The van der Waals surface area contributed by atoms with Crippen LogP contribution in [0.4, 0.5) is 18.9 Å². The number of nitrogens with zero attached hydrogens (tertiary/aromatic N) is 4. The Balaban J connectivity index is 1.58. The van der Waals surface area contributed by atoms with E-state index in [0.29, 0.717) is 22.2 Å². The van der Waals surface area contributed by atoms with E-state index in [-0.39, 0.29) is 29.1 Å². The van der Waals surface area contributed by atoms with E-state index in [0.717, 1.165) is 16.6 Å². The van der Waals surface area contributed by atoms with E-state index in [4.69, 9.17) is 0 Å². The van der Waals surface area contributed by atoms with Gasteiger partial charge >= 0.3 is 6.18 Å². The molecule has 38 heavy (non-hydrogen) atoms. The quantitative estimate of drug-likeness (QED) is 0.140. The summed E-state index contributed by atoms with van der Waals surface area (Å²) >= 11 is 4.59. The molecule has 0 spiro atoms. The first-order valence-corrected chi connectivity index (χ1v) is 12.8. The topological polar surface area (TPSA) is 103 Å². The molecule has 0 radical (unpaired) electrons. The van der Waals surface area contributed by atoms with Crippen LogP contribution in [0.2, 0.25) is 0 Å². The Kier molecular flexibility index (Phi) is 8.17. The first kappa shape index (κ1) is 27.3. The number of rotatable bonds is 8. The highest BCUT2D eigenvalue weighted by Crippen LogP contribution is 2.32. The number of halogens is 4. The van der Waals surface area contributed by atoms with E-state index >= 15 is 0 Å². The van der Waals surface area contributed by atoms with Gasteiger partial charge < -0.3 is 5.32 Å². The van der Waals surface area contributed by atoms with Crippen molar-refractivity contribution in [2.45, 2.75) is 30.6 Å². The molecule has 1 N–H and O–H groups in total. The van der Waals surface area contributed by atoms with Crippen molar-refractivity contribution in [3.63, 3.8) is 0 Å². The smallest absolute Gasteiger partial charge is 0.345 e. The highest BCUT2D eigenvalue weighted by atomic mass is 79.9. The third kappa shape index (κ3) is 6.22. The number of benzene rings is 3. The third-order valence-corrected chi connectivity index (χ3v) is 7.09. The van der Waals surface area contributed by atoms with Crippen LogP contribution < -0.4 is 5.32 Å². The Hall–Kier alpha value is -3.71. The molecule has 3 aromatic carbocycles. The Morgan fingerprint density at radius 3 is 2.50 bits per heavy atom. The number of alkyl halides is 3. The second-order valence-electron chi connectivity index (χ2n) is 8.09. The Bertz CT molecular complexity index is 1490. The van der Waals surface area contributed by atoms with Crippen molar-refractivity contribution in [3.8, 4) is 5.69 Å². The molecule has 13 heteroatoms. The first-order valence-electron chi connectivity index (χ1n) is 11.1. The zero-order valence-corrected chi connectivity index (χ0v) is 22.1. The normalized spacial score (nSPS) is 11.4. The molecule has 1 heterocycles. The van der Waals surface area contributed by atoms with Gasteiger partial charge in [0, 0.05) is 33.1 Å². The largest absolute Gasteiger partial charge is 0.416 e. The first-order chi connectivity index (χ1) is 18.0. The van der Waals surface area contributed by atoms with Crippen LogP contribution in [-0.4, -0.2) is 25.6 Å². The Morgan fingerprint density at radius 2 is 1.82 bits per heavy atom. The summed E-state index contributed by atoms with van der Waals surface area (Å²) in [5.74, 6) is 0.0580. The molecule has 0 atom stereocenters. The molecule has 1 aromatic heterocycles. The summed E-state index contributed by atoms with van der Waals surface area (Å²) in [4.78, 5) is 23.5. The van der Waals surface area contributed by atoms with E-state index in [1.165, 1.54) is 43.0 Å². The molecule has 8 nitrogen and oxygen atoms in total. The highest BCUT2D eigenvalue weighted by molar-refractivity contribution is 9.10. The average molecular weight is 606 g/mol. The molecule has 4 rings (SSSR count). The average Bonchev–Trinajstić information content (AvgIpc) is 3.29. The second-order valence-corrected chi connectivity index (χ2v) is 9.95. The summed E-state index contributed by atoms with van der Waals surface area (Å²) in [5.41, 5.74) is 0.648. The zero-order valence-electron chi connectivity index (χ0n) is 19.7. The number of nitrogens with one attached hydrogen (secondary N) is 1. The molecule has 0 unspecified atom stereocenters. The maximum Gasteiger partial charge on any atom is 0.416 e. The SMILES string of the molecule is Cc1c(C(=O)NCc2nnc(SCc3cccc(C(F)(F)F)c3)n2-c2ccc(Br)cc2)cccc1[N+](=O)[O-]. The van der Waals surface area contributed by atoms with Gasteiger partial charge in [-0.05, 0) is 48.9 Å². The fraction of sp³-hybridized carbons (Fsp3) is 0.160. The predicted molar refractivity (Wildman–Crippen MR) is 139 cm³/mol. The summed E-state index contributed by atoms with van der Waals surface area (Å²) < 4.78 is 41.9. The van der Waals surface area contributed by atoms with Gasteiger partial charge in [-0.15, -0.1) is 10.2 Å². The van der Waals surface area contributed by atoms with Crippen molar-refractivity contribution in [2.24, 2.45) is 0 Å². The number of thioether (sulfide) groups is 1. The lowest BCUT2D eigenvalue weighted by Crippen LogP contribution is -2.25. The molecule has 4 aromatic rings. The molecule has 0 saturated heterocycles. The third-order valence-electron chi connectivity index (χ3n) is 5.56. The maximum absolute atomic E-state index is 13.1. The molecule has 1 amide bonds. The standard InChI is InChI=1S/C25H19BrF3N5O3S/c1-15-20(6-3-7-21(15)34(36)37)23(35)30-13-22-31-32-24(33(22)19-10-8-18(26)9-11-19)38-14-16-4-2-5-17(12-16)25(27,28)29/h2-12H,13-14H2,1H3,(H,30,35). The molecule has 0 aliphatic carbocycles. The van der Waals surface area contributed by atoms with Gasteiger partial charge in [0.25, 0.3) is 11.6 Å². The van der Waals surface area contributed by atoms with Crippen LogP contribution in [0.3, 0.4) is 0 Å². The van der Waals surface area contributed by atoms with Crippen LogP contribution in [0.1, 0.15) is 32.9 Å². The zero-order chi connectivity index (χ0) is 27.4. The van der Waals surface area contributed by atoms with Crippen molar-refractivity contribution < 1.29 is 22.9 Å². The Morgan fingerprint density at radius 1 is 1.11 bits per heavy atom. The fourth-order valence-corrected chi connectivity index (χ4v) is 4.84. The molecule has 0 aliphatic rings. The van der Waals surface area contributed by atoms with Crippen LogP contribution in [0.15, 0.2) is 76.4 Å². The minimum atomic E-state index is -4.44. The highest BCUT2D eigenvalue weighted by Gasteiger charge is 2.30. The number of amides is 1. The van der Waals surface area contributed by atoms with Crippen molar-refractivity contribution >= 4 is 39.3 Å². The van der Waals surface area contributed by atoms with Crippen LogP contribution in [0.25, 0.3) is 5.69 Å². The minimum Gasteiger partial charge on any atom is -0.345 e. The Labute approximate surface area is 227 Å². The molecular formula is C25H19BrF3N5O3S. The lowest BCUT2D eigenvalue weighted by atomic mass is 10.1. The number of nitro groups is 1. The molecule has 0 aliphatic heterocycles. The molecule has 196 valence electrons. The summed E-state index contributed by atoms with van der Waals surface area (Å²) in [5, 5.41) is 22.8. The van der Waals surface area contributed by atoms with Crippen molar-refractivity contribution in [1.29, 1.82) is 0 Å². The summed E-state index contributed by atoms with van der Waals surface area (Å²) in [6, 6.07) is 16.6. The number of hydrogen-bond acceptors (Lipinski definition) is 6. The molecule has 0 saturated carbocycles. The summed E-state index contributed by atoms with van der Waals surface area (Å²) in [6.07, 6.45) is -4.44. The second kappa shape index (κ2) is 11.4. The van der Waals surface area contributed by atoms with Crippen LogP contribution in [-0.2, 0) is 18.5 Å². The fourth-order valence-electron chi connectivity index (χ4n) is 3.66. The van der Waals surface area contributed by atoms with Gasteiger partial charge in [-0.3, -0.25) is 19.5 Å². The molecule has 0 bridgehead atoms. The van der Waals surface area contributed by atoms with Gasteiger partial charge in [-0.1, -0.05) is 52.0 Å². The van der Waals surface area contributed by atoms with Gasteiger partial charge in [0.2, 0.25) is 0 Å². The minimum absolute atomic E-state index is 0.0475.